The van der Waals surface area contributed by atoms with E-state index in [1.165, 1.54) is 4.90 Å². The Morgan fingerprint density at radius 2 is 1.64 bits per heavy atom. The van der Waals surface area contributed by atoms with Crippen molar-refractivity contribution in [3.8, 4) is 0 Å². The van der Waals surface area contributed by atoms with E-state index in [1.54, 1.807) is 42.2 Å². The van der Waals surface area contributed by atoms with Crippen LogP contribution in [0.4, 0.5) is 9.59 Å². The number of carbonyl (C=O) groups excluding carboxylic acids is 3. The minimum absolute atomic E-state index is 0.325. The van der Waals surface area contributed by atoms with Crippen LogP contribution in [0.5, 0.6) is 0 Å². The number of nitrogens with zero attached hydrogens (tertiary/aromatic N) is 2. The van der Waals surface area contributed by atoms with Crippen molar-refractivity contribution in [1.29, 1.82) is 0 Å². The number of hydrogen-bond acceptors (Lipinski definition) is 4. The quantitative estimate of drug-likeness (QED) is 0.893. The Balaban J connectivity index is 1.83. The van der Waals surface area contributed by atoms with Gasteiger partial charge >= 0.3 is 12.1 Å². The van der Waals surface area contributed by atoms with Gasteiger partial charge in [0.05, 0.1) is 6.61 Å². The lowest BCUT2D eigenvalue weighted by molar-refractivity contribution is 0.0820. The highest BCUT2D eigenvalue weighted by molar-refractivity contribution is 6.04. The van der Waals surface area contributed by atoms with Crippen molar-refractivity contribution in [1.82, 2.24) is 15.1 Å². The van der Waals surface area contributed by atoms with Gasteiger partial charge in [-0.05, 0) is 19.1 Å². The molecule has 1 heterocycles. The zero-order valence-electron chi connectivity index (χ0n) is 12.4. The Morgan fingerprint density at radius 1 is 1.05 bits per heavy atom. The summed E-state index contributed by atoms with van der Waals surface area (Å²) in [6.45, 7) is 3.60. The molecule has 7 heteroatoms. The van der Waals surface area contributed by atoms with E-state index in [-0.39, 0.29) is 6.09 Å². The van der Waals surface area contributed by atoms with Gasteiger partial charge in [0.15, 0.2) is 0 Å². The average molecular weight is 305 g/mol. The van der Waals surface area contributed by atoms with Gasteiger partial charge in [-0.2, -0.15) is 0 Å². The van der Waals surface area contributed by atoms with Gasteiger partial charge in [0.1, 0.15) is 0 Å². The van der Waals surface area contributed by atoms with Crippen LogP contribution < -0.4 is 5.32 Å². The molecule has 1 aliphatic heterocycles. The number of urea groups is 1. The molecule has 0 radical (unpaired) electrons. The smallest absolute Gasteiger partial charge is 0.409 e. The van der Waals surface area contributed by atoms with E-state index in [2.05, 4.69) is 5.32 Å². The average Bonchev–Trinajstić information content (AvgIpc) is 2.56. The number of hydrogen-bond donors (Lipinski definition) is 1. The number of benzene rings is 1. The van der Waals surface area contributed by atoms with Crippen LogP contribution in [-0.4, -0.2) is 60.6 Å². The molecule has 0 spiro atoms. The first-order valence-corrected chi connectivity index (χ1v) is 7.19. The topological polar surface area (TPSA) is 79.0 Å². The number of amides is 4. The van der Waals surface area contributed by atoms with Gasteiger partial charge in [0.25, 0.3) is 5.91 Å². The van der Waals surface area contributed by atoms with E-state index in [9.17, 15) is 14.4 Å². The third-order valence-electron chi connectivity index (χ3n) is 3.35. The molecule has 0 saturated carbocycles. The van der Waals surface area contributed by atoms with E-state index in [0.29, 0.717) is 38.3 Å². The molecule has 1 N–H and O–H groups in total. The molecule has 0 bridgehead atoms. The second-order valence-corrected chi connectivity index (χ2v) is 4.80. The molecule has 0 aliphatic carbocycles. The number of rotatable bonds is 2. The van der Waals surface area contributed by atoms with Crippen molar-refractivity contribution in [2.24, 2.45) is 0 Å². The lowest BCUT2D eigenvalue weighted by Gasteiger charge is -2.33. The van der Waals surface area contributed by atoms with Gasteiger partial charge in [-0.3, -0.25) is 10.1 Å². The van der Waals surface area contributed by atoms with E-state index in [4.69, 9.17) is 4.74 Å². The molecule has 1 aromatic rings. The highest BCUT2D eigenvalue weighted by Crippen LogP contribution is 2.05. The Labute approximate surface area is 128 Å². The Bertz CT molecular complexity index is 539. The number of imide groups is 1. The highest BCUT2D eigenvalue weighted by Gasteiger charge is 2.25. The van der Waals surface area contributed by atoms with Crippen LogP contribution in [0.3, 0.4) is 0 Å². The SMILES string of the molecule is CCOC(=O)N1CCN(C(=O)NC(=O)c2ccccc2)CC1. The summed E-state index contributed by atoms with van der Waals surface area (Å²) >= 11 is 0. The maximum atomic E-state index is 12.0. The van der Waals surface area contributed by atoms with E-state index in [0.717, 1.165) is 0 Å². The van der Waals surface area contributed by atoms with Gasteiger partial charge in [-0.25, -0.2) is 9.59 Å². The van der Waals surface area contributed by atoms with Crippen molar-refractivity contribution in [2.75, 3.05) is 32.8 Å². The fourth-order valence-corrected chi connectivity index (χ4v) is 2.14. The van der Waals surface area contributed by atoms with Crippen LogP contribution in [0.25, 0.3) is 0 Å². The molecule has 7 nitrogen and oxygen atoms in total. The fourth-order valence-electron chi connectivity index (χ4n) is 2.14. The standard InChI is InChI=1S/C15H19N3O4/c1-2-22-15(21)18-10-8-17(9-11-18)14(20)16-13(19)12-6-4-3-5-7-12/h3-7H,2,8-11H2,1H3,(H,16,19,20). The normalized spacial score (nSPS) is 14.4. The summed E-state index contributed by atoms with van der Waals surface area (Å²) in [5, 5.41) is 2.35. The predicted octanol–water partition coefficient (Wildman–Crippen LogP) is 1.31. The molecule has 4 amide bonds. The summed E-state index contributed by atoms with van der Waals surface area (Å²) in [6.07, 6.45) is -0.372. The van der Waals surface area contributed by atoms with E-state index < -0.39 is 11.9 Å². The van der Waals surface area contributed by atoms with Crippen molar-refractivity contribution in [3.63, 3.8) is 0 Å². The van der Waals surface area contributed by atoms with Crippen molar-refractivity contribution in [2.45, 2.75) is 6.92 Å². The summed E-state index contributed by atoms with van der Waals surface area (Å²) in [4.78, 5) is 38.6. The highest BCUT2D eigenvalue weighted by atomic mass is 16.6. The third kappa shape index (κ3) is 3.97. The minimum atomic E-state index is -0.447. The summed E-state index contributed by atoms with van der Waals surface area (Å²) in [5.74, 6) is -0.432. The molecule has 2 rings (SSSR count). The molecule has 0 aromatic heterocycles. The molecule has 1 aromatic carbocycles. The molecular formula is C15H19N3O4. The Hall–Kier alpha value is -2.57. The molecule has 1 fully saturated rings. The van der Waals surface area contributed by atoms with Crippen LogP contribution in [0, 0.1) is 0 Å². The Kier molecular flexibility index (Phi) is 5.35. The molecule has 22 heavy (non-hydrogen) atoms. The summed E-state index contributed by atoms with van der Waals surface area (Å²) in [5.41, 5.74) is 0.431. The van der Waals surface area contributed by atoms with E-state index in [1.807, 2.05) is 0 Å². The summed E-state index contributed by atoms with van der Waals surface area (Å²) < 4.78 is 4.91. The maximum absolute atomic E-state index is 12.0. The fraction of sp³-hybridized carbons (Fsp3) is 0.400. The van der Waals surface area contributed by atoms with Gasteiger partial charge in [-0.15, -0.1) is 0 Å². The van der Waals surface area contributed by atoms with Crippen LogP contribution in [0.1, 0.15) is 17.3 Å². The lowest BCUT2D eigenvalue weighted by Crippen LogP contribution is -2.54. The number of ether oxygens (including phenoxy) is 1. The van der Waals surface area contributed by atoms with Crippen LogP contribution in [-0.2, 0) is 4.74 Å². The van der Waals surface area contributed by atoms with Crippen molar-refractivity contribution >= 4 is 18.0 Å². The van der Waals surface area contributed by atoms with Gasteiger partial charge in [0.2, 0.25) is 0 Å². The molecule has 0 unspecified atom stereocenters. The van der Waals surface area contributed by atoms with Crippen LogP contribution in [0.2, 0.25) is 0 Å². The molecule has 1 aliphatic rings. The first-order chi connectivity index (χ1) is 10.6. The monoisotopic (exact) mass is 305 g/mol. The molecule has 0 atom stereocenters. The molecule has 1 saturated heterocycles. The summed E-state index contributed by atoms with van der Waals surface area (Å²) in [6, 6.07) is 8.10. The molecular weight excluding hydrogens is 286 g/mol. The number of carbonyl (C=O) groups is 3. The van der Waals surface area contributed by atoms with Crippen LogP contribution in [0.15, 0.2) is 30.3 Å². The van der Waals surface area contributed by atoms with Gasteiger partial charge in [-0.1, -0.05) is 18.2 Å². The molecule has 118 valence electrons. The number of piperazine rings is 1. The maximum Gasteiger partial charge on any atom is 0.409 e. The second-order valence-electron chi connectivity index (χ2n) is 4.80. The summed E-state index contributed by atoms with van der Waals surface area (Å²) in [7, 11) is 0. The zero-order valence-corrected chi connectivity index (χ0v) is 12.4. The lowest BCUT2D eigenvalue weighted by atomic mass is 10.2. The first-order valence-electron chi connectivity index (χ1n) is 7.19. The second kappa shape index (κ2) is 7.44. The predicted molar refractivity (Wildman–Crippen MR) is 79.5 cm³/mol. The first kappa shape index (κ1) is 15.8. The van der Waals surface area contributed by atoms with Crippen molar-refractivity contribution < 1.29 is 19.1 Å². The van der Waals surface area contributed by atoms with Gasteiger partial charge < -0.3 is 14.5 Å². The number of nitrogens with one attached hydrogen (secondary N) is 1. The largest absolute Gasteiger partial charge is 0.450 e. The third-order valence-corrected chi connectivity index (χ3v) is 3.35. The zero-order chi connectivity index (χ0) is 15.9. The van der Waals surface area contributed by atoms with Crippen LogP contribution >= 0.6 is 0 Å². The van der Waals surface area contributed by atoms with Gasteiger partial charge in [0, 0.05) is 31.7 Å². The van der Waals surface area contributed by atoms with E-state index >= 15 is 0 Å². The van der Waals surface area contributed by atoms with Crippen molar-refractivity contribution in [3.05, 3.63) is 35.9 Å². The Morgan fingerprint density at radius 3 is 2.23 bits per heavy atom. The minimum Gasteiger partial charge on any atom is -0.450 e.